The molecule has 12 aromatic rings. The number of rotatable bonds is 29. The molecular formula is C118H112BrN3O16. The second-order valence-electron chi connectivity index (χ2n) is 37.5. The fourth-order valence-corrected chi connectivity index (χ4v) is 22.2. The number of aromatic hydroxyl groups is 3. The first-order valence-electron chi connectivity index (χ1n) is 48.8. The number of halogens is 1. The molecular weight excluding hydrogens is 1800 g/mol. The van der Waals surface area contributed by atoms with Gasteiger partial charge in [-0.15, -0.1) is 0 Å². The number of ketones is 4. The number of Topliss-reactive ketones (excluding diaryl/α,β-unsaturated/α-hetero) is 4. The topological polar surface area (TPSA) is 269 Å². The van der Waals surface area contributed by atoms with Crippen LogP contribution in [0, 0.1) is 0 Å². The van der Waals surface area contributed by atoms with Gasteiger partial charge in [-0.1, -0.05) is 113 Å². The van der Waals surface area contributed by atoms with E-state index >= 15 is 0 Å². The van der Waals surface area contributed by atoms with Gasteiger partial charge in [0, 0.05) is 31.0 Å². The normalized spacial score (nSPS) is 14.2. The summed E-state index contributed by atoms with van der Waals surface area (Å²) < 4.78 is 18.4. The maximum absolute atomic E-state index is 14.3. The van der Waals surface area contributed by atoms with Crippen molar-refractivity contribution in [1.82, 2.24) is 0 Å². The van der Waals surface area contributed by atoms with Crippen LogP contribution in [0.15, 0.2) is 200 Å². The smallest absolute Gasteiger partial charge is 0.266 e. The molecule has 21 rings (SSSR count). The average Bonchev–Trinajstić information content (AvgIpc) is 1.48. The lowest BCUT2D eigenvalue weighted by Gasteiger charge is -2.31. The molecule has 12 aromatic carbocycles. The van der Waals surface area contributed by atoms with Crippen molar-refractivity contribution in [3.63, 3.8) is 0 Å². The number of aryl methyl sites for hydroxylation is 6. The number of phenols is 3. The number of amides is 6. The van der Waals surface area contributed by atoms with Crippen LogP contribution >= 0.6 is 15.9 Å². The van der Waals surface area contributed by atoms with Crippen LogP contribution in [0.5, 0.6) is 34.5 Å². The van der Waals surface area contributed by atoms with E-state index in [0.29, 0.717) is 153 Å². The molecule has 702 valence electrons. The van der Waals surface area contributed by atoms with Gasteiger partial charge in [-0.05, 0) is 418 Å². The van der Waals surface area contributed by atoms with Crippen LogP contribution in [0.25, 0.3) is 66.8 Å². The number of hydrogen-bond donors (Lipinski definition) is 3. The van der Waals surface area contributed by atoms with Gasteiger partial charge >= 0.3 is 0 Å². The molecule has 9 aliphatic rings. The molecule has 0 saturated heterocycles. The summed E-state index contributed by atoms with van der Waals surface area (Å²) in [7, 11) is 0. The Morgan fingerprint density at radius 2 is 0.464 bits per heavy atom. The Labute approximate surface area is 812 Å². The molecule has 138 heavy (non-hydrogen) atoms. The highest BCUT2D eigenvalue weighted by molar-refractivity contribution is 9.09. The molecule has 0 atom stereocenters. The summed E-state index contributed by atoms with van der Waals surface area (Å²) in [5.41, 5.74) is 29.4. The van der Waals surface area contributed by atoms with Gasteiger partial charge in [0.25, 0.3) is 35.4 Å². The quantitative estimate of drug-likeness (QED) is 0.0223. The zero-order valence-corrected chi connectivity index (χ0v) is 80.1. The SMILES string of the molecule is CC(=O)CCCCCBr.CC(=O)CCCCCOc1ccc2c(c1)CCc1c3c(c4c(c1-2)-c1ccc(O)cc1CC4)C(=O)N(c1ccccc1)C3=O.CC(=O)CCCCCOc1ccc2c(c1)CCc1c3c(c4c(c1-2)-c1ccc(OCCCCCC(C)=O)cc1CC4)C(=O)N(c1ccccc1)C3=O.O=C1c2c3c(c4c(c2C(=O)N1c1ccccc1)CCc1cc(O)ccc1-4)-c1ccc(O)cc1CC3. The predicted molar refractivity (Wildman–Crippen MR) is 541 cm³/mol. The van der Waals surface area contributed by atoms with Crippen molar-refractivity contribution >= 4 is 91.6 Å². The fraction of sp³-hybridized carbons (Fsp3) is 0.305. The number of phenolic OH excluding ortho intramolecular Hbond substituents is 3. The predicted octanol–water partition coefficient (Wildman–Crippen LogP) is 24.3. The fourth-order valence-electron chi connectivity index (χ4n) is 21.8. The Kier molecular flexibility index (Phi) is 28.4. The van der Waals surface area contributed by atoms with E-state index < -0.39 is 0 Å². The number of imide groups is 3. The molecule has 0 unspecified atom stereocenters. The van der Waals surface area contributed by atoms with Crippen molar-refractivity contribution in [3.05, 3.63) is 300 Å². The molecule has 0 aromatic heterocycles. The summed E-state index contributed by atoms with van der Waals surface area (Å²) >= 11 is 3.33. The van der Waals surface area contributed by atoms with Crippen LogP contribution in [-0.2, 0) is 96.2 Å². The Morgan fingerprint density at radius 3 is 0.681 bits per heavy atom. The number of carbonyl (C=O) groups is 10. The summed E-state index contributed by atoms with van der Waals surface area (Å²) in [6.45, 7) is 8.33. The molecule has 3 aliphatic heterocycles. The second-order valence-corrected chi connectivity index (χ2v) is 38.3. The third-order valence-corrected chi connectivity index (χ3v) is 28.7. The van der Waals surface area contributed by atoms with Crippen molar-refractivity contribution in [1.29, 1.82) is 0 Å². The molecule has 3 N–H and O–H groups in total. The summed E-state index contributed by atoms with van der Waals surface area (Å²) in [5, 5.41) is 31.6. The van der Waals surface area contributed by atoms with Crippen molar-refractivity contribution < 1.29 is 77.5 Å². The standard InChI is InChI=1S/C44H45NO6.C37H33NO5.C30H21NO4.C7H13BrO/c1-28(46)12-6-4-10-24-50-33-18-22-35-30(26-33)16-20-37-39(35)40-36-23-19-34(51-25-11-5-7-13-29(2)47)27-31(36)17-21-38(40)42-41(37)43(48)45(44(42)49)32-14-8-3-9-15-32;1-22(39)8-4-3-7-19-43-27-14-18-29-24(21-27)12-16-31-33(29)32-28-17-13-26(40)20-23(28)11-15-30(32)34-35(31)37(42)38(36(34)41)25-9-5-2-6-10-25;32-19-8-12-21-16(14-19)6-10-23-25(21)26-22-13-9-20(33)15-17(22)7-11-24(26)28-27(23)29(34)31(30(28)35)18-4-2-1-3-5-18;1-7(9)5-3-2-4-6-8/h3,8-9,14-15,18-19,22-23,26-27H,4-7,10-13,16-17,20-21,24-25H2,1-2H3;2,5-6,9-10,13-14,17-18,20-21,40H,3-4,7-8,11-12,15-16,19H2,1H3;1-5,8-9,12-15,32-33H,6-7,10-11H2;2-6H2,1H3. The summed E-state index contributed by atoms with van der Waals surface area (Å²) in [4.78, 5) is 133. The monoisotopic (exact) mass is 1910 g/mol. The minimum atomic E-state index is -0.269. The Morgan fingerprint density at radius 1 is 0.254 bits per heavy atom. The summed E-state index contributed by atoms with van der Waals surface area (Å²) in [6, 6.07) is 62.5. The number of benzene rings is 12. The van der Waals surface area contributed by atoms with Crippen LogP contribution in [-0.4, -0.2) is 99.0 Å². The lowest BCUT2D eigenvalue weighted by atomic mass is 9.72. The zero-order valence-electron chi connectivity index (χ0n) is 78.5. The van der Waals surface area contributed by atoms with Crippen molar-refractivity contribution in [2.45, 2.75) is 207 Å². The van der Waals surface area contributed by atoms with Gasteiger partial charge in [0.2, 0.25) is 0 Å². The number of ether oxygens (including phenoxy) is 3. The van der Waals surface area contributed by atoms with Crippen molar-refractivity contribution in [2.24, 2.45) is 0 Å². The molecule has 0 spiro atoms. The summed E-state index contributed by atoms with van der Waals surface area (Å²) in [6.07, 6.45) is 22.2. The van der Waals surface area contributed by atoms with Gasteiger partial charge in [-0.3, -0.25) is 28.8 Å². The average molecular weight is 1910 g/mol. The van der Waals surface area contributed by atoms with E-state index in [0.717, 1.165) is 235 Å². The van der Waals surface area contributed by atoms with Crippen LogP contribution in [0.1, 0.15) is 259 Å². The van der Waals surface area contributed by atoms with E-state index in [2.05, 4.69) is 52.3 Å². The second kappa shape index (κ2) is 41.5. The number of para-hydroxylation sites is 3. The maximum atomic E-state index is 14.3. The van der Waals surface area contributed by atoms with Gasteiger partial charge in [0.15, 0.2) is 0 Å². The van der Waals surface area contributed by atoms with Crippen molar-refractivity contribution in [2.75, 3.05) is 39.9 Å². The molecule has 0 fully saturated rings. The van der Waals surface area contributed by atoms with E-state index in [1.807, 2.05) is 109 Å². The first kappa shape index (κ1) is 94.4. The number of hydrogen-bond acceptors (Lipinski definition) is 16. The highest BCUT2D eigenvalue weighted by Gasteiger charge is 2.49. The lowest BCUT2D eigenvalue weighted by Crippen LogP contribution is -2.29. The Bertz CT molecular complexity index is 6690. The highest BCUT2D eigenvalue weighted by atomic mass is 79.9. The number of unbranched alkanes of at least 4 members (excludes halogenated alkanes) is 8. The van der Waals surface area contributed by atoms with Gasteiger partial charge in [-0.25, -0.2) is 14.7 Å². The van der Waals surface area contributed by atoms with Crippen LogP contribution in [0.3, 0.4) is 0 Å². The molecule has 6 amide bonds. The number of anilines is 3. The van der Waals surface area contributed by atoms with E-state index in [1.165, 1.54) is 38.7 Å². The molecule has 3 heterocycles. The van der Waals surface area contributed by atoms with Gasteiger partial charge in [0.1, 0.15) is 57.6 Å². The van der Waals surface area contributed by atoms with E-state index in [1.54, 1.807) is 82.3 Å². The minimum Gasteiger partial charge on any atom is -0.508 e. The summed E-state index contributed by atoms with van der Waals surface area (Å²) in [5.74, 6) is 2.56. The third-order valence-electron chi connectivity index (χ3n) is 28.1. The highest BCUT2D eigenvalue weighted by Crippen LogP contribution is 2.57. The number of fused-ring (bicyclic) bond motifs is 30. The van der Waals surface area contributed by atoms with Gasteiger partial charge in [0.05, 0.1) is 70.3 Å². The lowest BCUT2D eigenvalue weighted by molar-refractivity contribution is -0.118. The molecule has 0 radical (unpaired) electrons. The molecule has 20 heteroatoms. The minimum absolute atomic E-state index is 0.217. The van der Waals surface area contributed by atoms with Crippen LogP contribution in [0.2, 0.25) is 0 Å². The van der Waals surface area contributed by atoms with E-state index in [9.17, 15) is 63.3 Å². The number of nitrogens with zero attached hydrogens (tertiary/aromatic N) is 3. The zero-order chi connectivity index (χ0) is 96.1. The number of alkyl halides is 1. The molecule has 6 aliphatic carbocycles. The molecule has 0 saturated carbocycles. The van der Waals surface area contributed by atoms with E-state index in [4.69, 9.17) is 14.2 Å². The molecule has 0 bridgehead atoms. The maximum Gasteiger partial charge on any atom is 0.266 e. The van der Waals surface area contributed by atoms with Crippen molar-refractivity contribution in [3.8, 4) is 101 Å². The largest absolute Gasteiger partial charge is 0.508 e. The van der Waals surface area contributed by atoms with Crippen LogP contribution < -0.4 is 28.9 Å². The van der Waals surface area contributed by atoms with Gasteiger partial charge < -0.3 is 48.7 Å². The van der Waals surface area contributed by atoms with Gasteiger partial charge in [-0.2, -0.15) is 0 Å². The first-order valence-corrected chi connectivity index (χ1v) is 49.9. The Hall–Kier alpha value is -14.0. The molecule has 19 nitrogen and oxygen atoms in total. The van der Waals surface area contributed by atoms with Crippen LogP contribution in [0.4, 0.5) is 17.1 Å². The Balaban J connectivity index is 0.000000133. The first-order chi connectivity index (χ1) is 67.0. The number of carbonyl (C=O) groups excluding carboxylic acids is 10. The van der Waals surface area contributed by atoms with E-state index in [-0.39, 0.29) is 70.0 Å². The third kappa shape index (κ3) is 19.0.